The topological polar surface area (TPSA) is 41.6 Å². The summed E-state index contributed by atoms with van der Waals surface area (Å²) in [6.45, 7) is 3.21. The molecule has 1 N–H and O–H groups in total. The Kier molecular flexibility index (Phi) is 6.40. The number of nitrogens with one attached hydrogen (secondary N) is 1. The Hall–Kier alpha value is -2.20. The largest absolute Gasteiger partial charge is 0.492 e. The molecule has 2 aromatic rings. The first-order valence-electron chi connectivity index (χ1n) is 9.24. The highest BCUT2D eigenvalue weighted by Gasteiger charge is 2.28. The van der Waals surface area contributed by atoms with E-state index in [1.807, 2.05) is 60.4 Å². The molecule has 138 valence electrons. The first kappa shape index (κ1) is 18.6. The molecule has 3 rings (SSSR count). The first-order valence-corrected chi connectivity index (χ1v) is 9.62. The third-order valence-electron chi connectivity index (χ3n) is 4.71. The molecule has 1 unspecified atom stereocenters. The molecule has 4 nitrogen and oxygen atoms in total. The highest BCUT2D eigenvalue weighted by molar-refractivity contribution is 6.31. The van der Waals surface area contributed by atoms with Crippen LogP contribution in [0.15, 0.2) is 48.5 Å². The number of amides is 2. The van der Waals surface area contributed by atoms with Gasteiger partial charge in [0.15, 0.2) is 0 Å². The summed E-state index contributed by atoms with van der Waals surface area (Å²) in [7, 11) is 0. The molecule has 1 aliphatic heterocycles. The molecule has 0 spiro atoms. The minimum Gasteiger partial charge on any atom is -0.492 e. The second kappa shape index (κ2) is 8.95. The number of anilines is 1. The summed E-state index contributed by atoms with van der Waals surface area (Å²) in [6, 6.07) is 15.2. The normalized spacial score (nSPS) is 17.5. The van der Waals surface area contributed by atoms with E-state index in [0.717, 1.165) is 37.8 Å². The number of hydrogen-bond donors (Lipinski definition) is 1. The second-order valence-corrected chi connectivity index (χ2v) is 6.85. The van der Waals surface area contributed by atoms with Crippen molar-refractivity contribution < 1.29 is 9.53 Å². The Morgan fingerprint density at radius 1 is 1.15 bits per heavy atom. The second-order valence-electron chi connectivity index (χ2n) is 6.44. The van der Waals surface area contributed by atoms with Crippen molar-refractivity contribution in [1.29, 1.82) is 0 Å². The van der Waals surface area contributed by atoms with Gasteiger partial charge in [-0.3, -0.25) is 0 Å². The minimum atomic E-state index is -0.107. The average molecular weight is 373 g/mol. The minimum absolute atomic E-state index is 0.00884. The van der Waals surface area contributed by atoms with Crippen LogP contribution in [0.4, 0.5) is 10.5 Å². The number of likely N-dealkylation sites (tertiary alicyclic amines) is 1. The lowest BCUT2D eigenvalue weighted by molar-refractivity contribution is 0.189. The lowest BCUT2D eigenvalue weighted by atomic mass is 10.0. The van der Waals surface area contributed by atoms with Crippen molar-refractivity contribution in [2.24, 2.45) is 0 Å². The summed E-state index contributed by atoms with van der Waals surface area (Å²) < 4.78 is 5.63. The molecule has 1 fully saturated rings. The zero-order valence-electron chi connectivity index (χ0n) is 15.1. The zero-order chi connectivity index (χ0) is 18.4. The van der Waals surface area contributed by atoms with Crippen LogP contribution in [0.5, 0.6) is 5.75 Å². The van der Waals surface area contributed by atoms with Crippen LogP contribution in [0.1, 0.15) is 44.2 Å². The Bertz CT molecular complexity index is 750. The molecule has 0 radical (unpaired) electrons. The van der Waals surface area contributed by atoms with Gasteiger partial charge in [-0.25, -0.2) is 4.79 Å². The molecule has 0 aliphatic carbocycles. The van der Waals surface area contributed by atoms with Crippen molar-refractivity contribution >= 4 is 23.3 Å². The molecule has 0 aromatic heterocycles. The van der Waals surface area contributed by atoms with Gasteiger partial charge in [0.1, 0.15) is 5.75 Å². The van der Waals surface area contributed by atoms with E-state index >= 15 is 0 Å². The predicted octanol–water partition coefficient (Wildman–Crippen LogP) is 5.89. The lowest BCUT2D eigenvalue weighted by Gasteiger charge is -2.31. The molecule has 1 atom stereocenters. The lowest BCUT2D eigenvalue weighted by Crippen LogP contribution is -2.38. The highest BCUT2D eigenvalue weighted by Crippen LogP contribution is 2.35. The number of ether oxygens (including phenoxy) is 1. The molecular weight excluding hydrogens is 348 g/mol. The summed E-state index contributed by atoms with van der Waals surface area (Å²) in [5, 5.41) is 3.75. The van der Waals surface area contributed by atoms with Gasteiger partial charge in [-0.2, -0.15) is 0 Å². The fourth-order valence-electron chi connectivity index (χ4n) is 3.46. The number of nitrogens with zero attached hydrogens (tertiary/aromatic N) is 1. The molecular formula is C21H25ClN2O2. The van der Waals surface area contributed by atoms with Crippen LogP contribution in [0.25, 0.3) is 0 Å². The van der Waals surface area contributed by atoms with Crippen LogP contribution >= 0.6 is 11.6 Å². The fourth-order valence-corrected chi connectivity index (χ4v) is 3.72. The molecule has 0 bridgehead atoms. The number of halogens is 1. The maximum Gasteiger partial charge on any atom is 0.322 e. The molecule has 26 heavy (non-hydrogen) atoms. The van der Waals surface area contributed by atoms with E-state index < -0.39 is 0 Å². The Labute approximate surface area is 160 Å². The van der Waals surface area contributed by atoms with Gasteiger partial charge in [-0.15, -0.1) is 0 Å². The number of carbonyl (C=O) groups excluding carboxylic acids is 1. The van der Waals surface area contributed by atoms with Crippen molar-refractivity contribution in [3.63, 3.8) is 0 Å². The average Bonchev–Trinajstić information content (AvgIpc) is 2.90. The van der Waals surface area contributed by atoms with Crippen molar-refractivity contribution in [2.75, 3.05) is 18.5 Å². The van der Waals surface area contributed by atoms with Gasteiger partial charge in [-0.05, 0) is 43.5 Å². The third kappa shape index (κ3) is 4.31. The van der Waals surface area contributed by atoms with Crippen LogP contribution in [-0.4, -0.2) is 24.1 Å². The zero-order valence-corrected chi connectivity index (χ0v) is 15.8. The summed E-state index contributed by atoms with van der Waals surface area (Å²) in [5.41, 5.74) is 1.71. The van der Waals surface area contributed by atoms with Gasteiger partial charge in [-0.1, -0.05) is 54.8 Å². The predicted molar refractivity (Wildman–Crippen MR) is 106 cm³/mol. The van der Waals surface area contributed by atoms with Crippen LogP contribution in [0.2, 0.25) is 5.02 Å². The van der Waals surface area contributed by atoms with E-state index in [1.54, 1.807) is 0 Å². The first-order chi connectivity index (χ1) is 12.7. The maximum atomic E-state index is 13.1. The van der Waals surface area contributed by atoms with Crippen LogP contribution < -0.4 is 10.1 Å². The maximum absolute atomic E-state index is 13.1. The summed E-state index contributed by atoms with van der Waals surface area (Å²) in [6.07, 6.45) is 4.14. The van der Waals surface area contributed by atoms with Gasteiger partial charge in [0.25, 0.3) is 0 Å². The van der Waals surface area contributed by atoms with Crippen molar-refractivity contribution in [3.8, 4) is 5.75 Å². The SMILES string of the molecule is CCOc1ccccc1NC(=O)N1CCCCCC1c1ccccc1Cl. The third-order valence-corrected chi connectivity index (χ3v) is 5.05. The molecule has 1 heterocycles. The number of hydrogen-bond acceptors (Lipinski definition) is 2. The van der Waals surface area contributed by atoms with E-state index in [4.69, 9.17) is 16.3 Å². The van der Waals surface area contributed by atoms with E-state index in [1.165, 1.54) is 0 Å². The van der Waals surface area contributed by atoms with E-state index in [0.29, 0.717) is 23.1 Å². The van der Waals surface area contributed by atoms with E-state index in [2.05, 4.69) is 5.32 Å². The molecule has 1 saturated heterocycles. The van der Waals surface area contributed by atoms with Crippen molar-refractivity contribution in [3.05, 3.63) is 59.1 Å². The summed E-state index contributed by atoms with van der Waals surface area (Å²) in [5.74, 6) is 0.687. The number of urea groups is 1. The summed E-state index contributed by atoms with van der Waals surface area (Å²) >= 11 is 6.43. The molecule has 2 aromatic carbocycles. The van der Waals surface area contributed by atoms with E-state index in [9.17, 15) is 4.79 Å². The van der Waals surface area contributed by atoms with Crippen molar-refractivity contribution in [2.45, 2.75) is 38.6 Å². The van der Waals surface area contributed by atoms with Crippen LogP contribution in [-0.2, 0) is 0 Å². The van der Waals surface area contributed by atoms with Gasteiger partial charge >= 0.3 is 6.03 Å². The van der Waals surface area contributed by atoms with Crippen LogP contribution in [0, 0.1) is 0 Å². The number of rotatable bonds is 4. The Morgan fingerprint density at radius 3 is 2.73 bits per heavy atom. The van der Waals surface area contributed by atoms with Gasteiger partial charge < -0.3 is 15.0 Å². The van der Waals surface area contributed by atoms with Gasteiger partial charge in [0, 0.05) is 11.6 Å². The van der Waals surface area contributed by atoms with Crippen LogP contribution in [0.3, 0.4) is 0 Å². The summed E-state index contributed by atoms with van der Waals surface area (Å²) in [4.78, 5) is 15.0. The molecule has 5 heteroatoms. The number of para-hydroxylation sites is 2. The smallest absolute Gasteiger partial charge is 0.322 e. The molecule has 2 amide bonds. The van der Waals surface area contributed by atoms with Gasteiger partial charge in [0.05, 0.1) is 18.3 Å². The van der Waals surface area contributed by atoms with E-state index in [-0.39, 0.29) is 12.1 Å². The molecule has 0 saturated carbocycles. The van der Waals surface area contributed by atoms with Gasteiger partial charge in [0.2, 0.25) is 0 Å². The highest BCUT2D eigenvalue weighted by atomic mass is 35.5. The Morgan fingerprint density at radius 2 is 1.92 bits per heavy atom. The number of carbonyl (C=O) groups is 1. The monoisotopic (exact) mass is 372 g/mol. The van der Waals surface area contributed by atoms with Crippen molar-refractivity contribution in [1.82, 2.24) is 4.90 Å². The number of benzene rings is 2. The fraction of sp³-hybridized carbons (Fsp3) is 0.381. The quantitative estimate of drug-likeness (QED) is 0.727. The molecule has 1 aliphatic rings. The standard InChI is InChI=1S/C21H25ClN2O2/c1-2-26-20-14-8-7-12-18(20)23-21(25)24-15-9-3-4-13-19(24)16-10-5-6-11-17(16)22/h5-8,10-12,14,19H,2-4,9,13,15H2,1H3,(H,23,25). The Balaban J connectivity index is 1.84.